The number of hydrogen-bond acceptors (Lipinski definition) is 5. The maximum atomic E-state index is 12.2. The van der Waals surface area contributed by atoms with Gasteiger partial charge in [0.25, 0.3) is 0 Å². The molecule has 0 atom stereocenters. The number of carboxylic acids is 1. The standard InChI is InChI=1S/C23H23N3O5/c1-13-9-19(31-12-20(27)28)22-21-16(7-4-8-17(21)23(24)29)18(26(22)25-13)11-14-5-3-6-15(10-14)30-2/h3,5-6,8-10H,4,7,11-12H2,1-2H3,(H2,24,29)(H,27,28). The minimum absolute atomic E-state index is 0.358. The third-order valence-corrected chi connectivity index (χ3v) is 5.32. The number of methoxy groups -OCH3 is 1. The Labute approximate surface area is 178 Å². The largest absolute Gasteiger partial charge is 0.497 e. The molecule has 3 N–H and O–H groups in total. The summed E-state index contributed by atoms with van der Waals surface area (Å²) in [6.45, 7) is 1.31. The molecule has 8 nitrogen and oxygen atoms in total. The molecule has 1 aliphatic carbocycles. The smallest absolute Gasteiger partial charge is 0.341 e. The predicted octanol–water partition coefficient (Wildman–Crippen LogP) is 2.52. The first kappa shape index (κ1) is 20.5. The van der Waals surface area contributed by atoms with E-state index in [1.54, 1.807) is 17.7 Å². The highest BCUT2D eigenvalue weighted by molar-refractivity contribution is 6.22. The number of ether oxygens (including phenoxy) is 2. The first-order valence-corrected chi connectivity index (χ1v) is 9.91. The van der Waals surface area contributed by atoms with E-state index in [-0.39, 0.29) is 0 Å². The van der Waals surface area contributed by atoms with Crippen LogP contribution in [0.25, 0.3) is 11.1 Å². The van der Waals surface area contributed by atoms with Gasteiger partial charge in [0, 0.05) is 23.6 Å². The Hall–Kier alpha value is -3.81. The maximum Gasteiger partial charge on any atom is 0.341 e. The first-order valence-electron chi connectivity index (χ1n) is 9.91. The van der Waals surface area contributed by atoms with Crippen molar-refractivity contribution in [3.05, 3.63) is 64.5 Å². The highest BCUT2D eigenvalue weighted by atomic mass is 16.5. The first-order chi connectivity index (χ1) is 14.9. The zero-order valence-electron chi connectivity index (χ0n) is 17.3. The molecular weight excluding hydrogens is 398 g/mol. The van der Waals surface area contributed by atoms with Gasteiger partial charge in [0.15, 0.2) is 6.61 Å². The van der Waals surface area contributed by atoms with Gasteiger partial charge in [-0.05, 0) is 43.0 Å². The van der Waals surface area contributed by atoms with Gasteiger partial charge < -0.3 is 20.3 Å². The zero-order valence-corrected chi connectivity index (χ0v) is 17.3. The SMILES string of the molecule is COc1cccc(Cc2c3c(c4c(OCC(=O)O)cc(C)nn24)C(C(N)=O)=CCC3)c1. The molecule has 1 aromatic carbocycles. The normalized spacial score (nSPS) is 12.9. The van der Waals surface area contributed by atoms with Crippen molar-refractivity contribution in [2.24, 2.45) is 5.73 Å². The van der Waals surface area contributed by atoms with Gasteiger partial charge in [0.2, 0.25) is 5.91 Å². The molecule has 0 unspecified atom stereocenters. The van der Waals surface area contributed by atoms with Gasteiger partial charge in [0.1, 0.15) is 17.0 Å². The number of aromatic nitrogens is 2. The molecule has 0 spiro atoms. The second kappa shape index (κ2) is 8.14. The quantitative estimate of drug-likeness (QED) is 0.606. The van der Waals surface area contributed by atoms with Gasteiger partial charge in [-0.15, -0.1) is 0 Å². The number of carbonyl (C=O) groups excluding carboxylic acids is 1. The Bertz CT molecular complexity index is 1230. The Morgan fingerprint density at radius 2 is 2.10 bits per heavy atom. The fourth-order valence-corrected chi connectivity index (χ4v) is 4.09. The number of nitrogens with zero attached hydrogens (tertiary/aromatic N) is 2. The number of aliphatic carboxylic acids is 1. The fourth-order valence-electron chi connectivity index (χ4n) is 4.09. The van der Waals surface area contributed by atoms with Crippen LogP contribution in [0.5, 0.6) is 11.5 Å². The van der Waals surface area contributed by atoms with Crippen molar-refractivity contribution >= 4 is 23.0 Å². The lowest BCUT2D eigenvalue weighted by atomic mass is 9.90. The minimum Gasteiger partial charge on any atom is -0.497 e. The molecule has 0 bridgehead atoms. The van der Waals surface area contributed by atoms with Crippen LogP contribution >= 0.6 is 0 Å². The second-order valence-electron chi connectivity index (χ2n) is 7.44. The van der Waals surface area contributed by atoms with Crippen molar-refractivity contribution in [1.82, 2.24) is 9.61 Å². The number of fused-ring (bicyclic) bond motifs is 3. The lowest BCUT2D eigenvalue weighted by Gasteiger charge is -2.14. The van der Waals surface area contributed by atoms with Crippen LogP contribution in [-0.2, 0) is 22.4 Å². The molecule has 4 rings (SSSR count). The van der Waals surface area contributed by atoms with Crippen molar-refractivity contribution in [2.45, 2.75) is 26.2 Å². The molecule has 0 fully saturated rings. The van der Waals surface area contributed by atoms with E-state index in [9.17, 15) is 9.59 Å². The molecule has 1 aliphatic rings. The Balaban J connectivity index is 1.96. The van der Waals surface area contributed by atoms with E-state index in [0.29, 0.717) is 47.4 Å². The number of benzene rings is 1. The lowest BCUT2D eigenvalue weighted by Crippen LogP contribution is -2.16. The van der Waals surface area contributed by atoms with Crippen molar-refractivity contribution in [3.8, 4) is 11.5 Å². The number of primary amides is 1. The molecule has 31 heavy (non-hydrogen) atoms. The molecule has 3 aromatic rings. The maximum absolute atomic E-state index is 12.2. The van der Waals surface area contributed by atoms with Gasteiger partial charge in [-0.3, -0.25) is 4.79 Å². The highest BCUT2D eigenvalue weighted by Crippen LogP contribution is 2.39. The van der Waals surface area contributed by atoms with Gasteiger partial charge >= 0.3 is 5.97 Å². The molecular formula is C23H23N3O5. The third kappa shape index (κ3) is 3.84. The average molecular weight is 421 g/mol. The summed E-state index contributed by atoms with van der Waals surface area (Å²) in [4.78, 5) is 23.3. The summed E-state index contributed by atoms with van der Waals surface area (Å²) in [5.41, 5.74) is 10.9. The average Bonchev–Trinajstić information content (AvgIpc) is 3.05. The molecule has 8 heteroatoms. The number of carboxylic acid groups (broad SMARTS) is 1. The molecule has 2 aromatic heterocycles. The summed E-state index contributed by atoms with van der Waals surface area (Å²) >= 11 is 0. The fraction of sp³-hybridized carbons (Fsp3) is 0.261. The van der Waals surface area contributed by atoms with Gasteiger partial charge in [-0.25, -0.2) is 9.31 Å². The van der Waals surface area contributed by atoms with Crippen molar-refractivity contribution < 1.29 is 24.2 Å². The summed E-state index contributed by atoms with van der Waals surface area (Å²) < 4.78 is 12.7. The van der Waals surface area contributed by atoms with Crippen LogP contribution in [-0.4, -0.2) is 40.3 Å². The van der Waals surface area contributed by atoms with Crippen LogP contribution in [0.1, 0.15) is 34.5 Å². The predicted molar refractivity (Wildman–Crippen MR) is 114 cm³/mol. The van der Waals surface area contributed by atoms with E-state index in [4.69, 9.17) is 20.3 Å². The Kier molecular flexibility index (Phi) is 5.37. The number of carbonyl (C=O) groups is 2. The summed E-state index contributed by atoms with van der Waals surface area (Å²) in [5, 5.41) is 13.8. The number of allylic oxidation sites excluding steroid dienone is 1. The van der Waals surface area contributed by atoms with Crippen LogP contribution in [0.4, 0.5) is 0 Å². The van der Waals surface area contributed by atoms with Crippen molar-refractivity contribution in [1.29, 1.82) is 0 Å². The topological polar surface area (TPSA) is 116 Å². The number of hydrogen-bond donors (Lipinski definition) is 2. The molecule has 0 aliphatic heterocycles. The summed E-state index contributed by atoms with van der Waals surface area (Å²) in [7, 11) is 1.62. The molecule has 0 saturated carbocycles. The van der Waals surface area contributed by atoms with Crippen LogP contribution < -0.4 is 15.2 Å². The monoisotopic (exact) mass is 421 g/mol. The van der Waals surface area contributed by atoms with Gasteiger partial charge in [0.05, 0.1) is 18.5 Å². The number of rotatable bonds is 7. The molecule has 0 saturated heterocycles. The lowest BCUT2D eigenvalue weighted by molar-refractivity contribution is -0.139. The Morgan fingerprint density at radius 3 is 2.81 bits per heavy atom. The van der Waals surface area contributed by atoms with E-state index in [0.717, 1.165) is 22.6 Å². The van der Waals surface area contributed by atoms with E-state index in [2.05, 4.69) is 5.10 Å². The Morgan fingerprint density at radius 1 is 1.29 bits per heavy atom. The van der Waals surface area contributed by atoms with E-state index in [1.165, 1.54) is 0 Å². The second-order valence-corrected chi connectivity index (χ2v) is 7.44. The highest BCUT2D eigenvalue weighted by Gasteiger charge is 2.29. The minimum atomic E-state index is -1.09. The molecule has 1 amide bonds. The van der Waals surface area contributed by atoms with E-state index >= 15 is 0 Å². The number of aryl methyl sites for hydroxylation is 1. The van der Waals surface area contributed by atoms with Crippen molar-refractivity contribution in [2.75, 3.05) is 13.7 Å². The molecule has 0 radical (unpaired) electrons. The van der Waals surface area contributed by atoms with E-state index in [1.807, 2.05) is 37.3 Å². The van der Waals surface area contributed by atoms with Crippen molar-refractivity contribution in [3.63, 3.8) is 0 Å². The number of amides is 1. The summed E-state index contributed by atoms with van der Waals surface area (Å²) in [6.07, 6.45) is 3.76. The third-order valence-electron chi connectivity index (χ3n) is 5.32. The molecule has 2 heterocycles. The molecule has 160 valence electrons. The van der Waals surface area contributed by atoms with Crippen LogP contribution in [0.3, 0.4) is 0 Å². The van der Waals surface area contributed by atoms with Crippen LogP contribution in [0.2, 0.25) is 0 Å². The summed E-state index contributed by atoms with van der Waals surface area (Å²) in [5.74, 6) is -0.516. The summed E-state index contributed by atoms with van der Waals surface area (Å²) in [6, 6.07) is 9.44. The van der Waals surface area contributed by atoms with E-state index < -0.39 is 18.5 Å². The van der Waals surface area contributed by atoms with Crippen LogP contribution in [0.15, 0.2) is 36.4 Å². The number of nitrogens with two attached hydrogens (primary N) is 1. The zero-order chi connectivity index (χ0) is 22.1. The van der Waals surface area contributed by atoms with Gasteiger partial charge in [-0.1, -0.05) is 18.2 Å². The van der Waals surface area contributed by atoms with Crippen LogP contribution in [0, 0.1) is 6.92 Å². The van der Waals surface area contributed by atoms with Gasteiger partial charge in [-0.2, -0.15) is 5.10 Å².